The van der Waals surface area contributed by atoms with Crippen LogP contribution in [0.25, 0.3) is 0 Å². The van der Waals surface area contributed by atoms with Crippen LogP contribution in [0.3, 0.4) is 0 Å². The first kappa shape index (κ1) is 20.7. The molecule has 1 fully saturated rings. The quantitative estimate of drug-likeness (QED) is 0.779. The molecule has 1 rings (SSSR count). The monoisotopic (exact) mass is 341 g/mol. The summed E-state index contributed by atoms with van der Waals surface area (Å²) in [5.41, 5.74) is -0.442. The first-order valence-electron chi connectivity index (χ1n) is 9.07. The van der Waals surface area contributed by atoms with E-state index in [0.717, 1.165) is 32.4 Å². The van der Waals surface area contributed by atoms with Gasteiger partial charge in [0.25, 0.3) is 0 Å². The Balaban J connectivity index is 2.25. The molecular weight excluding hydrogens is 306 g/mol. The molecule has 1 aliphatic heterocycles. The molecule has 1 saturated heterocycles. The molecule has 6 nitrogen and oxygen atoms in total. The molecule has 6 heteroatoms. The second-order valence-electron chi connectivity index (χ2n) is 8.15. The van der Waals surface area contributed by atoms with Crippen LogP contribution in [0.1, 0.15) is 60.8 Å². The van der Waals surface area contributed by atoms with Gasteiger partial charge in [-0.3, -0.25) is 4.79 Å². The molecule has 24 heavy (non-hydrogen) atoms. The molecule has 0 aromatic rings. The molecule has 2 amide bonds. The van der Waals surface area contributed by atoms with Gasteiger partial charge in [-0.05, 0) is 66.7 Å². The first-order chi connectivity index (χ1) is 11.1. The highest BCUT2D eigenvalue weighted by atomic mass is 16.6. The summed E-state index contributed by atoms with van der Waals surface area (Å²) in [6.07, 6.45) is 2.79. The van der Waals surface area contributed by atoms with Crippen LogP contribution in [0.5, 0.6) is 0 Å². The summed E-state index contributed by atoms with van der Waals surface area (Å²) in [5, 5.41) is 6.16. The van der Waals surface area contributed by atoms with Crippen molar-refractivity contribution in [2.24, 2.45) is 5.92 Å². The van der Waals surface area contributed by atoms with E-state index in [0.29, 0.717) is 18.5 Å². The number of hydrogen-bond donors (Lipinski definition) is 2. The van der Waals surface area contributed by atoms with Gasteiger partial charge in [-0.25, -0.2) is 4.79 Å². The maximum absolute atomic E-state index is 12.1. The number of ether oxygens (including phenoxy) is 1. The Bertz CT molecular complexity index is 410. The second-order valence-corrected chi connectivity index (χ2v) is 8.15. The summed E-state index contributed by atoms with van der Waals surface area (Å²) < 4.78 is 5.42. The van der Waals surface area contributed by atoms with Gasteiger partial charge in [0.1, 0.15) is 5.60 Å². The number of likely N-dealkylation sites (tertiary alicyclic amines) is 1. The molecule has 0 spiro atoms. The molecule has 140 valence electrons. The van der Waals surface area contributed by atoms with E-state index in [1.165, 1.54) is 0 Å². The van der Waals surface area contributed by atoms with Crippen molar-refractivity contribution >= 4 is 12.0 Å². The summed E-state index contributed by atoms with van der Waals surface area (Å²) in [7, 11) is 0. The highest BCUT2D eigenvalue weighted by molar-refractivity contribution is 5.78. The Morgan fingerprint density at radius 3 is 2.25 bits per heavy atom. The van der Waals surface area contributed by atoms with Crippen molar-refractivity contribution in [3.05, 3.63) is 0 Å². The van der Waals surface area contributed by atoms with E-state index in [1.807, 2.05) is 34.6 Å². The summed E-state index contributed by atoms with van der Waals surface area (Å²) in [4.78, 5) is 25.5. The van der Waals surface area contributed by atoms with Crippen LogP contribution in [0.15, 0.2) is 0 Å². The molecule has 0 aromatic carbocycles. The van der Waals surface area contributed by atoms with Gasteiger partial charge in [0.2, 0.25) is 5.91 Å². The SMILES string of the molecule is CC(C)NC(=O)CNC(C)CC1CCN(C(=O)OC(C)(C)C)CC1. The first-order valence-corrected chi connectivity index (χ1v) is 9.07. The van der Waals surface area contributed by atoms with Gasteiger partial charge in [-0.15, -0.1) is 0 Å². The van der Waals surface area contributed by atoms with Crippen LogP contribution in [0, 0.1) is 5.92 Å². The lowest BCUT2D eigenvalue weighted by molar-refractivity contribution is -0.120. The molecule has 1 aliphatic rings. The second kappa shape index (κ2) is 9.25. The fraction of sp³-hybridized carbons (Fsp3) is 0.889. The van der Waals surface area contributed by atoms with Crippen molar-refractivity contribution in [1.29, 1.82) is 0 Å². The van der Waals surface area contributed by atoms with E-state index in [-0.39, 0.29) is 18.0 Å². The van der Waals surface area contributed by atoms with Crippen molar-refractivity contribution in [2.45, 2.75) is 78.5 Å². The van der Waals surface area contributed by atoms with Crippen LogP contribution in [0.4, 0.5) is 4.79 Å². The van der Waals surface area contributed by atoms with Gasteiger partial charge in [0.05, 0.1) is 6.54 Å². The zero-order chi connectivity index (χ0) is 18.3. The minimum atomic E-state index is -0.442. The van der Waals surface area contributed by atoms with Gasteiger partial charge in [-0.2, -0.15) is 0 Å². The van der Waals surface area contributed by atoms with E-state index < -0.39 is 5.60 Å². The molecule has 1 atom stereocenters. The number of nitrogens with one attached hydrogen (secondary N) is 2. The number of piperidine rings is 1. The molecular formula is C18H35N3O3. The van der Waals surface area contributed by atoms with Crippen LogP contribution >= 0.6 is 0 Å². The van der Waals surface area contributed by atoms with Crippen molar-refractivity contribution in [2.75, 3.05) is 19.6 Å². The van der Waals surface area contributed by atoms with Gasteiger partial charge < -0.3 is 20.3 Å². The lowest BCUT2D eigenvalue weighted by Crippen LogP contribution is -2.44. The average molecular weight is 341 g/mol. The number of carbonyl (C=O) groups is 2. The Hall–Kier alpha value is -1.30. The number of rotatable bonds is 6. The normalized spacial score (nSPS) is 17.7. The van der Waals surface area contributed by atoms with Gasteiger partial charge in [-0.1, -0.05) is 0 Å². The van der Waals surface area contributed by atoms with Gasteiger partial charge >= 0.3 is 6.09 Å². The number of amides is 2. The zero-order valence-corrected chi connectivity index (χ0v) is 16.1. The number of carbonyl (C=O) groups excluding carboxylic acids is 2. The summed E-state index contributed by atoms with van der Waals surface area (Å²) in [5.74, 6) is 0.621. The number of hydrogen-bond acceptors (Lipinski definition) is 4. The molecule has 2 N–H and O–H groups in total. The Morgan fingerprint density at radius 2 is 1.75 bits per heavy atom. The van der Waals surface area contributed by atoms with Crippen molar-refractivity contribution in [3.63, 3.8) is 0 Å². The van der Waals surface area contributed by atoms with E-state index >= 15 is 0 Å². The van der Waals surface area contributed by atoms with E-state index in [4.69, 9.17) is 4.74 Å². The van der Waals surface area contributed by atoms with Gasteiger partial charge in [0.15, 0.2) is 0 Å². The standard InChI is InChI=1S/C18H35N3O3/c1-13(2)20-16(22)12-19-14(3)11-15-7-9-21(10-8-15)17(23)24-18(4,5)6/h13-15,19H,7-12H2,1-6H3,(H,20,22). The van der Waals surface area contributed by atoms with E-state index in [2.05, 4.69) is 17.6 Å². The van der Waals surface area contributed by atoms with Gasteiger partial charge in [0, 0.05) is 25.2 Å². The predicted molar refractivity (Wildman–Crippen MR) is 95.9 cm³/mol. The minimum Gasteiger partial charge on any atom is -0.444 e. The Morgan fingerprint density at radius 1 is 1.17 bits per heavy atom. The lowest BCUT2D eigenvalue weighted by atomic mass is 9.91. The average Bonchev–Trinajstić information content (AvgIpc) is 2.43. The maximum Gasteiger partial charge on any atom is 0.410 e. The lowest BCUT2D eigenvalue weighted by Gasteiger charge is -2.34. The zero-order valence-electron chi connectivity index (χ0n) is 16.1. The van der Waals surface area contributed by atoms with Crippen LogP contribution in [-0.2, 0) is 9.53 Å². The highest BCUT2D eigenvalue weighted by Gasteiger charge is 2.27. The largest absolute Gasteiger partial charge is 0.444 e. The third-order valence-electron chi connectivity index (χ3n) is 4.01. The number of nitrogens with zero attached hydrogens (tertiary/aromatic N) is 1. The third kappa shape index (κ3) is 8.52. The smallest absolute Gasteiger partial charge is 0.410 e. The fourth-order valence-corrected chi connectivity index (χ4v) is 2.90. The molecule has 0 radical (unpaired) electrons. The minimum absolute atomic E-state index is 0.0385. The summed E-state index contributed by atoms with van der Waals surface area (Å²) in [6, 6.07) is 0.466. The van der Waals surface area contributed by atoms with Crippen LogP contribution in [0.2, 0.25) is 0 Å². The van der Waals surface area contributed by atoms with Crippen molar-refractivity contribution < 1.29 is 14.3 Å². The molecule has 0 aromatic heterocycles. The van der Waals surface area contributed by atoms with Crippen LogP contribution < -0.4 is 10.6 Å². The molecule has 0 saturated carbocycles. The Kier molecular flexibility index (Phi) is 8.00. The third-order valence-corrected chi connectivity index (χ3v) is 4.01. The topological polar surface area (TPSA) is 70.7 Å². The summed E-state index contributed by atoms with van der Waals surface area (Å²) in [6.45, 7) is 13.6. The fourth-order valence-electron chi connectivity index (χ4n) is 2.90. The maximum atomic E-state index is 12.1. The molecule has 1 unspecified atom stereocenters. The van der Waals surface area contributed by atoms with E-state index in [9.17, 15) is 9.59 Å². The Labute approximate surface area is 146 Å². The molecule has 0 aliphatic carbocycles. The van der Waals surface area contributed by atoms with Crippen LogP contribution in [-0.4, -0.2) is 54.2 Å². The highest BCUT2D eigenvalue weighted by Crippen LogP contribution is 2.23. The van der Waals surface area contributed by atoms with E-state index in [1.54, 1.807) is 4.90 Å². The molecule has 0 bridgehead atoms. The molecule has 1 heterocycles. The predicted octanol–water partition coefficient (Wildman–Crippen LogP) is 2.53. The van der Waals surface area contributed by atoms with Crippen molar-refractivity contribution in [1.82, 2.24) is 15.5 Å². The van der Waals surface area contributed by atoms with Crippen molar-refractivity contribution in [3.8, 4) is 0 Å². The summed E-state index contributed by atoms with van der Waals surface area (Å²) >= 11 is 0.